The van der Waals surface area contributed by atoms with Gasteiger partial charge in [0, 0.05) is 15.9 Å². The Hall–Kier alpha value is -2.60. The molecule has 1 heterocycles. The third kappa shape index (κ3) is 3.51. The van der Waals surface area contributed by atoms with E-state index in [0.717, 1.165) is 26.9 Å². The fourth-order valence-electron chi connectivity index (χ4n) is 3.01. The Morgan fingerprint density at radius 1 is 1.08 bits per heavy atom. The van der Waals surface area contributed by atoms with E-state index in [1.807, 2.05) is 56.3 Å². The van der Waals surface area contributed by atoms with Gasteiger partial charge in [0.2, 0.25) is 0 Å². The molecule has 0 radical (unpaired) electrons. The van der Waals surface area contributed by atoms with Crippen molar-refractivity contribution >= 4 is 33.6 Å². The third-order valence-corrected chi connectivity index (χ3v) is 5.30. The second-order valence-electron chi connectivity index (χ2n) is 6.29. The first kappa shape index (κ1) is 18.2. The predicted molar refractivity (Wildman–Crippen MR) is 106 cm³/mol. The van der Waals surface area contributed by atoms with Gasteiger partial charge in [-0.2, -0.15) is 0 Å². The number of benzene rings is 2. The maximum Gasteiger partial charge on any atom is 0.319 e. The van der Waals surface area contributed by atoms with Gasteiger partial charge < -0.3 is 16.0 Å². The fourth-order valence-corrected chi connectivity index (χ4v) is 3.53. The molecule has 3 amide bonds. The number of anilines is 1. The van der Waals surface area contributed by atoms with Gasteiger partial charge in [-0.1, -0.05) is 46.3 Å². The van der Waals surface area contributed by atoms with Gasteiger partial charge in [-0.25, -0.2) is 4.79 Å². The summed E-state index contributed by atoms with van der Waals surface area (Å²) in [5.74, 6) is -0.246. The van der Waals surface area contributed by atoms with Crippen LogP contribution in [0.5, 0.6) is 0 Å². The highest BCUT2D eigenvalue weighted by atomic mass is 79.9. The molecular formula is C20H20BrN3O2. The standard InChI is InChI=1S/C20H20BrN3O2/c1-11-7-6-10-16(12(11)2)23-19(25)17-13(3)22-20(26)24-18(17)14-8-4-5-9-15(14)21/h4-10,18H,1-3H3,(H,23,25)(H2,22,24,26). The third-order valence-electron chi connectivity index (χ3n) is 4.58. The Morgan fingerprint density at radius 3 is 2.54 bits per heavy atom. The van der Waals surface area contributed by atoms with Gasteiger partial charge in [0.15, 0.2) is 0 Å². The molecule has 26 heavy (non-hydrogen) atoms. The lowest BCUT2D eigenvalue weighted by molar-refractivity contribution is -0.113. The molecule has 0 aliphatic carbocycles. The van der Waals surface area contributed by atoms with E-state index in [2.05, 4.69) is 31.9 Å². The molecule has 1 aliphatic heterocycles. The van der Waals surface area contributed by atoms with Crippen LogP contribution in [0.15, 0.2) is 58.2 Å². The van der Waals surface area contributed by atoms with Gasteiger partial charge in [0.05, 0.1) is 11.6 Å². The highest BCUT2D eigenvalue weighted by molar-refractivity contribution is 9.10. The van der Waals surface area contributed by atoms with Crippen LogP contribution in [0.3, 0.4) is 0 Å². The van der Waals surface area contributed by atoms with Crippen LogP contribution >= 0.6 is 15.9 Å². The zero-order valence-corrected chi connectivity index (χ0v) is 16.4. The normalized spacial score (nSPS) is 16.8. The average molecular weight is 414 g/mol. The number of rotatable bonds is 3. The van der Waals surface area contributed by atoms with Crippen LogP contribution < -0.4 is 16.0 Å². The number of carbonyl (C=O) groups excluding carboxylic acids is 2. The van der Waals surface area contributed by atoms with Crippen molar-refractivity contribution < 1.29 is 9.59 Å². The van der Waals surface area contributed by atoms with Crippen LogP contribution in [0.1, 0.15) is 29.7 Å². The molecule has 0 saturated heterocycles. The Morgan fingerprint density at radius 2 is 1.81 bits per heavy atom. The smallest absolute Gasteiger partial charge is 0.319 e. The summed E-state index contributed by atoms with van der Waals surface area (Å²) < 4.78 is 0.831. The first-order valence-electron chi connectivity index (χ1n) is 8.28. The number of hydrogen-bond acceptors (Lipinski definition) is 2. The van der Waals surface area contributed by atoms with Gasteiger partial charge in [-0.3, -0.25) is 4.79 Å². The van der Waals surface area contributed by atoms with Gasteiger partial charge >= 0.3 is 6.03 Å². The zero-order chi connectivity index (χ0) is 18.8. The van der Waals surface area contributed by atoms with E-state index < -0.39 is 6.04 Å². The molecule has 0 spiro atoms. The van der Waals surface area contributed by atoms with Crippen molar-refractivity contribution in [1.82, 2.24) is 10.6 Å². The van der Waals surface area contributed by atoms with Crippen molar-refractivity contribution in [3.8, 4) is 0 Å². The lowest BCUT2D eigenvalue weighted by Gasteiger charge is -2.29. The van der Waals surface area contributed by atoms with E-state index in [1.54, 1.807) is 6.92 Å². The SMILES string of the molecule is CC1=C(C(=O)Nc2cccc(C)c2C)C(c2ccccc2Br)NC(=O)N1. The molecule has 2 aromatic carbocycles. The van der Waals surface area contributed by atoms with Crippen molar-refractivity contribution in [2.24, 2.45) is 0 Å². The monoisotopic (exact) mass is 413 g/mol. The van der Waals surface area contributed by atoms with Crippen LogP contribution in [0.25, 0.3) is 0 Å². The predicted octanol–water partition coefficient (Wildman–Crippen LogP) is 4.33. The Labute approximate surface area is 161 Å². The van der Waals surface area contributed by atoms with Crippen LogP contribution in [-0.2, 0) is 4.79 Å². The molecule has 1 unspecified atom stereocenters. The molecule has 0 aromatic heterocycles. The molecule has 2 aromatic rings. The molecule has 5 nitrogen and oxygen atoms in total. The van der Waals surface area contributed by atoms with Crippen molar-refractivity contribution in [2.75, 3.05) is 5.32 Å². The van der Waals surface area contributed by atoms with E-state index in [4.69, 9.17) is 0 Å². The number of nitrogens with one attached hydrogen (secondary N) is 3. The van der Waals surface area contributed by atoms with Crippen LogP contribution in [0.2, 0.25) is 0 Å². The largest absolute Gasteiger partial charge is 0.327 e. The van der Waals surface area contributed by atoms with E-state index in [-0.39, 0.29) is 11.9 Å². The van der Waals surface area contributed by atoms with Crippen LogP contribution in [0, 0.1) is 13.8 Å². The molecule has 1 atom stereocenters. The summed E-state index contributed by atoms with van der Waals surface area (Å²) in [7, 11) is 0. The van der Waals surface area contributed by atoms with Gasteiger partial charge in [-0.05, 0) is 49.6 Å². The topological polar surface area (TPSA) is 70.2 Å². The maximum absolute atomic E-state index is 13.1. The molecule has 134 valence electrons. The first-order valence-corrected chi connectivity index (χ1v) is 9.08. The molecule has 3 rings (SSSR count). The first-order chi connectivity index (χ1) is 12.4. The molecule has 6 heteroatoms. The number of aryl methyl sites for hydroxylation is 1. The molecule has 0 saturated carbocycles. The average Bonchev–Trinajstić information content (AvgIpc) is 2.58. The minimum atomic E-state index is -0.538. The number of amides is 3. The highest BCUT2D eigenvalue weighted by Crippen LogP contribution is 2.32. The number of halogens is 1. The van der Waals surface area contributed by atoms with Gasteiger partial charge in [0.25, 0.3) is 5.91 Å². The summed E-state index contributed by atoms with van der Waals surface area (Å²) in [4.78, 5) is 25.1. The van der Waals surface area contributed by atoms with E-state index in [0.29, 0.717) is 11.3 Å². The quantitative estimate of drug-likeness (QED) is 0.700. The second kappa shape index (κ2) is 7.33. The number of allylic oxidation sites excluding steroid dienone is 1. The van der Waals surface area contributed by atoms with E-state index in [9.17, 15) is 9.59 Å². The molecule has 0 bridgehead atoms. The van der Waals surface area contributed by atoms with E-state index in [1.165, 1.54) is 0 Å². The summed E-state index contributed by atoms with van der Waals surface area (Å²) >= 11 is 3.51. The summed E-state index contributed by atoms with van der Waals surface area (Å²) in [5, 5.41) is 8.52. The molecule has 3 N–H and O–H groups in total. The lowest BCUT2D eigenvalue weighted by Crippen LogP contribution is -2.46. The van der Waals surface area contributed by atoms with Crippen LogP contribution in [-0.4, -0.2) is 11.9 Å². The summed E-state index contributed by atoms with van der Waals surface area (Å²) in [6.07, 6.45) is 0. The fraction of sp³-hybridized carbons (Fsp3) is 0.200. The molecule has 0 fully saturated rings. The van der Waals surface area contributed by atoms with E-state index >= 15 is 0 Å². The number of carbonyl (C=O) groups is 2. The molecular weight excluding hydrogens is 394 g/mol. The highest BCUT2D eigenvalue weighted by Gasteiger charge is 2.32. The zero-order valence-electron chi connectivity index (χ0n) is 14.8. The Balaban J connectivity index is 2.00. The van der Waals surface area contributed by atoms with Crippen molar-refractivity contribution in [1.29, 1.82) is 0 Å². The van der Waals surface area contributed by atoms with Crippen molar-refractivity contribution in [3.05, 3.63) is 74.9 Å². The number of hydrogen-bond donors (Lipinski definition) is 3. The van der Waals surface area contributed by atoms with Crippen molar-refractivity contribution in [3.63, 3.8) is 0 Å². The maximum atomic E-state index is 13.1. The Bertz CT molecular complexity index is 921. The van der Waals surface area contributed by atoms with Crippen LogP contribution in [0.4, 0.5) is 10.5 Å². The lowest BCUT2D eigenvalue weighted by atomic mass is 9.94. The molecule has 1 aliphatic rings. The Kier molecular flexibility index (Phi) is 5.13. The summed E-state index contributed by atoms with van der Waals surface area (Å²) in [5.41, 5.74) is 4.73. The summed E-state index contributed by atoms with van der Waals surface area (Å²) in [6, 6.07) is 12.5. The second-order valence-corrected chi connectivity index (χ2v) is 7.15. The van der Waals surface area contributed by atoms with Crippen molar-refractivity contribution in [2.45, 2.75) is 26.8 Å². The summed E-state index contributed by atoms with van der Waals surface area (Å²) in [6.45, 7) is 5.71. The minimum absolute atomic E-state index is 0.246. The number of urea groups is 1. The minimum Gasteiger partial charge on any atom is -0.327 e. The van der Waals surface area contributed by atoms with Gasteiger partial charge in [0.1, 0.15) is 0 Å². The van der Waals surface area contributed by atoms with Gasteiger partial charge in [-0.15, -0.1) is 0 Å².